The SMILES string of the molecule is CCOC(=O)C1CCN(c2nc([C@@H](C)CC)nc3sc4c(c23)CCCC4)CC1. The van der Waals surface area contributed by atoms with E-state index in [1.807, 2.05) is 18.3 Å². The fraction of sp³-hybridized carbons (Fsp3) is 0.682. The molecular weight excluding hydrogens is 370 g/mol. The molecule has 5 nitrogen and oxygen atoms in total. The van der Waals surface area contributed by atoms with Crippen molar-refractivity contribution < 1.29 is 9.53 Å². The van der Waals surface area contributed by atoms with Crippen LogP contribution in [0, 0.1) is 5.92 Å². The highest BCUT2D eigenvalue weighted by Gasteiger charge is 2.30. The van der Waals surface area contributed by atoms with E-state index in [0.717, 1.165) is 50.4 Å². The Hall–Kier alpha value is -1.69. The maximum atomic E-state index is 12.1. The van der Waals surface area contributed by atoms with Crippen LogP contribution in [0.3, 0.4) is 0 Å². The number of aryl methyl sites for hydroxylation is 2. The van der Waals surface area contributed by atoms with Gasteiger partial charge in [0.05, 0.1) is 17.9 Å². The molecule has 1 atom stereocenters. The zero-order valence-electron chi connectivity index (χ0n) is 17.3. The fourth-order valence-electron chi connectivity index (χ4n) is 4.37. The topological polar surface area (TPSA) is 55.3 Å². The van der Waals surface area contributed by atoms with Gasteiger partial charge < -0.3 is 9.64 Å². The Morgan fingerprint density at radius 1 is 1.21 bits per heavy atom. The molecule has 3 heterocycles. The van der Waals surface area contributed by atoms with Crippen molar-refractivity contribution in [1.82, 2.24) is 9.97 Å². The van der Waals surface area contributed by atoms with E-state index in [1.54, 1.807) is 0 Å². The molecule has 1 aliphatic carbocycles. The molecule has 1 fully saturated rings. The summed E-state index contributed by atoms with van der Waals surface area (Å²) in [4.78, 5) is 27.3. The number of nitrogens with zero attached hydrogens (tertiary/aromatic N) is 3. The van der Waals surface area contributed by atoms with Crippen LogP contribution in [0.25, 0.3) is 10.2 Å². The Morgan fingerprint density at radius 3 is 2.68 bits per heavy atom. The summed E-state index contributed by atoms with van der Waals surface area (Å²) >= 11 is 1.88. The van der Waals surface area contributed by atoms with Crippen LogP contribution in [0.1, 0.15) is 75.1 Å². The van der Waals surface area contributed by atoms with Crippen molar-refractivity contribution in [1.29, 1.82) is 0 Å². The number of esters is 1. The molecule has 152 valence electrons. The maximum Gasteiger partial charge on any atom is 0.309 e. The third-order valence-electron chi connectivity index (χ3n) is 6.28. The van der Waals surface area contributed by atoms with Crippen LogP contribution >= 0.6 is 11.3 Å². The van der Waals surface area contributed by atoms with E-state index >= 15 is 0 Å². The lowest BCUT2D eigenvalue weighted by atomic mass is 9.95. The lowest BCUT2D eigenvalue weighted by molar-refractivity contribution is -0.148. The number of hydrogen-bond acceptors (Lipinski definition) is 6. The molecule has 2 aliphatic rings. The number of aromatic nitrogens is 2. The van der Waals surface area contributed by atoms with Crippen molar-refractivity contribution in [2.75, 3.05) is 24.6 Å². The Labute approximate surface area is 171 Å². The maximum absolute atomic E-state index is 12.1. The summed E-state index contributed by atoms with van der Waals surface area (Å²) in [5.74, 6) is 2.43. The van der Waals surface area contributed by atoms with E-state index in [2.05, 4.69) is 18.7 Å². The number of carbonyl (C=O) groups is 1. The van der Waals surface area contributed by atoms with Gasteiger partial charge in [-0.3, -0.25) is 4.79 Å². The molecule has 2 aromatic rings. The fourth-order valence-corrected chi connectivity index (χ4v) is 5.64. The standard InChI is InChI=1S/C22H31N3O2S/c1-4-14(3)19-23-20(25-12-10-15(11-13-25)22(26)27-5-2)18-16-8-6-7-9-17(16)28-21(18)24-19/h14-15H,4-13H2,1-3H3/t14-/m0/s1. The molecule has 6 heteroatoms. The van der Waals surface area contributed by atoms with E-state index in [-0.39, 0.29) is 11.9 Å². The van der Waals surface area contributed by atoms with Gasteiger partial charge in [-0.1, -0.05) is 13.8 Å². The summed E-state index contributed by atoms with van der Waals surface area (Å²) in [5, 5.41) is 1.29. The average molecular weight is 402 g/mol. The quantitative estimate of drug-likeness (QED) is 0.670. The highest BCUT2D eigenvalue weighted by Crippen LogP contribution is 2.41. The summed E-state index contributed by atoms with van der Waals surface area (Å²) in [6, 6.07) is 0. The van der Waals surface area contributed by atoms with Crippen LogP contribution in [-0.2, 0) is 22.4 Å². The molecule has 0 aromatic carbocycles. The van der Waals surface area contributed by atoms with E-state index < -0.39 is 0 Å². The van der Waals surface area contributed by atoms with Gasteiger partial charge in [0.2, 0.25) is 0 Å². The number of fused-ring (bicyclic) bond motifs is 3. The number of rotatable bonds is 5. The highest BCUT2D eigenvalue weighted by atomic mass is 32.1. The number of hydrogen-bond donors (Lipinski definition) is 0. The number of anilines is 1. The van der Waals surface area contributed by atoms with Crippen molar-refractivity contribution in [3.05, 3.63) is 16.3 Å². The molecule has 28 heavy (non-hydrogen) atoms. The second-order valence-corrected chi connectivity index (χ2v) is 9.20. The highest BCUT2D eigenvalue weighted by molar-refractivity contribution is 7.19. The molecule has 0 amide bonds. The van der Waals surface area contributed by atoms with Gasteiger partial charge in [-0.2, -0.15) is 0 Å². The summed E-state index contributed by atoms with van der Waals surface area (Å²) in [5.41, 5.74) is 1.49. The summed E-state index contributed by atoms with van der Waals surface area (Å²) in [7, 11) is 0. The third kappa shape index (κ3) is 3.63. The van der Waals surface area contributed by atoms with Gasteiger partial charge in [-0.05, 0) is 57.4 Å². The van der Waals surface area contributed by atoms with Crippen molar-refractivity contribution in [3.8, 4) is 0 Å². The minimum Gasteiger partial charge on any atom is -0.466 e. The van der Waals surface area contributed by atoms with E-state index in [9.17, 15) is 4.79 Å². The van der Waals surface area contributed by atoms with Crippen molar-refractivity contribution >= 4 is 33.3 Å². The Balaban J connectivity index is 1.69. The van der Waals surface area contributed by atoms with E-state index in [0.29, 0.717) is 12.5 Å². The first-order valence-corrected chi connectivity index (χ1v) is 11.7. The van der Waals surface area contributed by atoms with Gasteiger partial charge in [0, 0.05) is 23.9 Å². The van der Waals surface area contributed by atoms with Crippen LogP contribution in [-0.4, -0.2) is 35.6 Å². The lowest BCUT2D eigenvalue weighted by Gasteiger charge is -2.32. The molecule has 0 unspecified atom stereocenters. The third-order valence-corrected chi connectivity index (χ3v) is 7.47. The molecule has 4 rings (SSSR count). The number of carbonyl (C=O) groups excluding carboxylic acids is 1. The van der Waals surface area contributed by atoms with Gasteiger partial charge >= 0.3 is 5.97 Å². The minimum atomic E-state index is -0.0387. The summed E-state index contributed by atoms with van der Waals surface area (Å²) in [6.45, 7) is 8.47. The molecule has 0 radical (unpaired) electrons. The Bertz CT molecular complexity index is 855. The summed E-state index contributed by atoms with van der Waals surface area (Å²) < 4.78 is 5.24. The Morgan fingerprint density at radius 2 is 1.96 bits per heavy atom. The molecule has 1 aliphatic heterocycles. The van der Waals surface area contributed by atoms with Crippen LogP contribution in [0.4, 0.5) is 5.82 Å². The van der Waals surface area contributed by atoms with Crippen LogP contribution in [0.5, 0.6) is 0 Å². The number of piperidine rings is 1. The molecular formula is C22H31N3O2S. The van der Waals surface area contributed by atoms with Crippen molar-refractivity contribution in [2.45, 2.75) is 71.6 Å². The molecule has 2 aromatic heterocycles. The number of ether oxygens (including phenoxy) is 1. The first-order valence-electron chi connectivity index (χ1n) is 10.9. The van der Waals surface area contributed by atoms with Gasteiger partial charge in [0.15, 0.2) is 0 Å². The molecule has 0 saturated carbocycles. The predicted octanol–water partition coefficient (Wildman–Crippen LogP) is 4.86. The zero-order chi connectivity index (χ0) is 19.7. The van der Waals surface area contributed by atoms with E-state index in [4.69, 9.17) is 14.7 Å². The summed E-state index contributed by atoms with van der Waals surface area (Å²) in [6.07, 6.45) is 7.60. The molecule has 0 spiro atoms. The van der Waals surface area contributed by atoms with Gasteiger partial charge in [0.25, 0.3) is 0 Å². The second-order valence-electron chi connectivity index (χ2n) is 8.12. The molecule has 1 saturated heterocycles. The average Bonchev–Trinajstić information content (AvgIpc) is 3.11. The van der Waals surface area contributed by atoms with Gasteiger partial charge in [-0.25, -0.2) is 9.97 Å². The van der Waals surface area contributed by atoms with Crippen molar-refractivity contribution in [3.63, 3.8) is 0 Å². The molecule has 0 N–H and O–H groups in total. The van der Waals surface area contributed by atoms with Crippen LogP contribution in [0.2, 0.25) is 0 Å². The monoisotopic (exact) mass is 401 g/mol. The van der Waals surface area contributed by atoms with Gasteiger partial charge in [0.1, 0.15) is 16.5 Å². The van der Waals surface area contributed by atoms with Gasteiger partial charge in [-0.15, -0.1) is 11.3 Å². The zero-order valence-corrected chi connectivity index (χ0v) is 18.1. The normalized spacial score (nSPS) is 18.9. The minimum absolute atomic E-state index is 0.0268. The second kappa shape index (κ2) is 8.36. The number of thiophene rings is 1. The Kier molecular flexibility index (Phi) is 5.85. The predicted molar refractivity (Wildman–Crippen MR) is 114 cm³/mol. The van der Waals surface area contributed by atoms with Crippen LogP contribution < -0.4 is 4.90 Å². The van der Waals surface area contributed by atoms with E-state index in [1.165, 1.54) is 39.9 Å². The van der Waals surface area contributed by atoms with Crippen molar-refractivity contribution in [2.24, 2.45) is 5.92 Å². The largest absolute Gasteiger partial charge is 0.466 e. The first kappa shape index (κ1) is 19.6. The first-order chi connectivity index (χ1) is 13.6. The molecule has 0 bridgehead atoms. The van der Waals surface area contributed by atoms with Crippen LogP contribution in [0.15, 0.2) is 0 Å². The lowest BCUT2D eigenvalue weighted by Crippen LogP contribution is -2.37. The smallest absolute Gasteiger partial charge is 0.309 e.